The lowest BCUT2D eigenvalue weighted by Gasteiger charge is -2.15. The van der Waals surface area contributed by atoms with Crippen molar-refractivity contribution in [1.29, 1.82) is 0 Å². The summed E-state index contributed by atoms with van der Waals surface area (Å²) in [6.07, 6.45) is 0.0314. The summed E-state index contributed by atoms with van der Waals surface area (Å²) in [7, 11) is 0. The van der Waals surface area contributed by atoms with Gasteiger partial charge in [-0.05, 0) is 0 Å². The lowest BCUT2D eigenvalue weighted by Crippen LogP contribution is -2.36. The number of imide groups is 1. The van der Waals surface area contributed by atoms with E-state index >= 15 is 0 Å². The van der Waals surface area contributed by atoms with Gasteiger partial charge in [0.2, 0.25) is 11.8 Å². The molecule has 0 bridgehead atoms. The molecule has 5 nitrogen and oxygen atoms in total. The van der Waals surface area contributed by atoms with Crippen LogP contribution in [0.1, 0.15) is 13.3 Å². The number of carbonyl (C=O) groups excluding carboxylic acids is 3. The van der Waals surface area contributed by atoms with E-state index in [2.05, 4.69) is 21.5 Å². The molecule has 1 heterocycles. The molecule has 1 unspecified atom stereocenters. The average molecular weight is 235 g/mol. The summed E-state index contributed by atoms with van der Waals surface area (Å²) in [6, 6.07) is -0.699. The third-order valence-electron chi connectivity index (χ3n) is 1.52. The first kappa shape index (κ1) is 9.18. The Balaban J connectivity index is 2.70. The Morgan fingerprint density at radius 2 is 2.25 bits per heavy atom. The normalized spacial score (nSPS) is 22.3. The summed E-state index contributed by atoms with van der Waals surface area (Å²) in [5.41, 5.74) is 0. The van der Waals surface area contributed by atoms with Crippen LogP contribution in [0.4, 0.5) is 0 Å². The van der Waals surface area contributed by atoms with Gasteiger partial charge in [-0.15, -0.1) is 0 Å². The molecule has 0 aromatic heterocycles. The zero-order valence-electron chi connectivity index (χ0n) is 6.33. The van der Waals surface area contributed by atoms with Crippen LogP contribution in [0.3, 0.4) is 0 Å². The highest BCUT2D eigenvalue weighted by Crippen LogP contribution is 2.14. The largest absolute Gasteiger partial charge is 0.295 e. The molecule has 3 amide bonds. The summed E-state index contributed by atoms with van der Waals surface area (Å²) in [5, 5.41) is 2.10. The fourth-order valence-corrected chi connectivity index (χ4v) is 1.27. The molecule has 1 N–H and O–H groups in total. The van der Waals surface area contributed by atoms with E-state index in [9.17, 15) is 14.4 Å². The first-order chi connectivity index (χ1) is 5.52. The molecule has 1 aliphatic heterocycles. The second-order valence-corrected chi connectivity index (χ2v) is 3.23. The number of hydrogen-bond acceptors (Lipinski definition) is 3. The number of carbonyl (C=O) groups is 3. The highest BCUT2D eigenvalue weighted by atomic mass is 79.9. The molecule has 1 rings (SSSR count). The second kappa shape index (κ2) is 3.22. The molecule has 6 heteroatoms. The Labute approximate surface area is 77.4 Å². The molecule has 0 aromatic carbocycles. The minimum atomic E-state index is -0.699. The fourth-order valence-electron chi connectivity index (χ4n) is 0.943. The van der Waals surface area contributed by atoms with Crippen LogP contribution in [-0.2, 0) is 14.4 Å². The number of nitrogens with one attached hydrogen (secondary N) is 1. The van der Waals surface area contributed by atoms with E-state index in [-0.39, 0.29) is 18.2 Å². The highest BCUT2D eigenvalue weighted by molar-refractivity contribution is 9.07. The fraction of sp³-hybridized carbons (Fsp3) is 0.500. The Hall–Kier alpha value is -0.910. The Kier molecular flexibility index (Phi) is 2.46. The molecular formula is C6H7BrN2O3. The van der Waals surface area contributed by atoms with E-state index in [1.807, 2.05) is 0 Å². The maximum Gasteiger partial charge on any atom is 0.250 e. The van der Waals surface area contributed by atoms with E-state index in [0.29, 0.717) is 0 Å². The van der Waals surface area contributed by atoms with E-state index < -0.39 is 11.9 Å². The minimum absolute atomic E-state index is 0.0314. The van der Waals surface area contributed by atoms with Gasteiger partial charge in [-0.2, -0.15) is 0 Å². The molecule has 1 fully saturated rings. The summed E-state index contributed by atoms with van der Waals surface area (Å²) >= 11 is 2.91. The van der Waals surface area contributed by atoms with E-state index in [1.54, 1.807) is 0 Å². The van der Waals surface area contributed by atoms with Crippen molar-refractivity contribution in [2.24, 2.45) is 0 Å². The molecule has 0 aromatic rings. The van der Waals surface area contributed by atoms with Crippen LogP contribution in [0, 0.1) is 0 Å². The second-order valence-electron chi connectivity index (χ2n) is 2.46. The van der Waals surface area contributed by atoms with Crippen molar-refractivity contribution in [1.82, 2.24) is 9.24 Å². The Bertz CT molecular complexity index is 253. The summed E-state index contributed by atoms with van der Waals surface area (Å²) in [5.74, 6) is -1.09. The van der Waals surface area contributed by atoms with Gasteiger partial charge in [-0.1, -0.05) is 0 Å². The van der Waals surface area contributed by atoms with Crippen molar-refractivity contribution in [2.75, 3.05) is 0 Å². The molecule has 0 radical (unpaired) electrons. The molecule has 1 aliphatic rings. The van der Waals surface area contributed by atoms with Crippen LogP contribution in [0.25, 0.3) is 0 Å². The predicted molar refractivity (Wildman–Crippen MR) is 43.0 cm³/mol. The van der Waals surface area contributed by atoms with E-state index in [0.717, 1.165) is 3.93 Å². The first-order valence-corrected chi connectivity index (χ1v) is 4.02. The van der Waals surface area contributed by atoms with Crippen molar-refractivity contribution in [3.8, 4) is 0 Å². The van der Waals surface area contributed by atoms with E-state index in [4.69, 9.17) is 0 Å². The van der Waals surface area contributed by atoms with Gasteiger partial charge in [0, 0.05) is 6.92 Å². The zero-order chi connectivity index (χ0) is 9.30. The number of nitrogens with zero attached hydrogens (tertiary/aromatic N) is 1. The first-order valence-electron chi connectivity index (χ1n) is 3.31. The van der Waals surface area contributed by atoms with Crippen molar-refractivity contribution in [3.63, 3.8) is 0 Å². The molecule has 0 aliphatic carbocycles. The number of halogens is 1. The van der Waals surface area contributed by atoms with Crippen molar-refractivity contribution >= 4 is 33.9 Å². The lowest BCUT2D eigenvalue weighted by atomic mass is 10.2. The number of rotatable bonds is 1. The van der Waals surface area contributed by atoms with Gasteiger partial charge in [-0.3, -0.25) is 23.6 Å². The lowest BCUT2D eigenvalue weighted by molar-refractivity contribution is -0.131. The molecule has 12 heavy (non-hydrogen) atoms. The van der Waals surface area contributed by atoms with Crippen LogP contribution in [0.5, 0.6) is 0 Å². The Morgan fingerprint density at radius 1 is 1.67 bits per heavy atom. The molecule has 1 atom stereocenters. The van der Waals surface area contributed by atoms with Gasteiger partial charge < -0.3 is 0 Å². The van der Waals surface area contributed by atoms with Crippen LogP contribution in [0.15, 0.2) is 0 Å². The molecule has 0 spiro atoms. The van der Waals surface area contributed by atoms with Crippen molar-refractivity contribution in [3.05, 3.63) is 0 Å². The van der Waals surface area contributed by atoms with Gasteiger partial charge >= 0.3 is 0 Å². The van der Waals surface area contributed by atoms with Crippen molar-refractivity contribution in [2.45, 2.75) is 19.4 Å². The molecule has 0 saturated carbocycles. The Morgan fingerprint density at radius 3 is 2.58 bits per heavy atom. The SMILES string of the molecule is CC(=O)N(Br)C1CC(=O)NC1=O. The quantitative estimate of drug-likeness (QED) is 0.495. The third-order valence-corrected chi connectivity index (χ3v) is 2.51. The van der Waals surface area contributed by atoms with Crippen LogP contribution < -0.4 is 5.32 Å². The molecular weight excluding hydrogens is 228 g/mol. The predicted octanol–water partition coefficient (Wildman–Crippen LogP) is -0.440. The summed E-state index contributed by atoms with van der Waals surface area (Å²) < 4.78 is 1.08. The topological polar surface area (TPSA) is 66.5 Å². The van der Waals surface area contributed by atoms with Crippen LogP contribution >= 0.6 is 16.1 Å². The van der Waals surface area contributed by atoms with Gasteiger partial charge in [0.25, 0.3) is 5.91 Å². The number of hydrogen-bond donors (Lipinski definition) is 1. The summed E-state index contributed by atoms with van der Waals surface area (Å²) in [6.45, 7) is 1.31. The van der Waals surface area contributed by atoms with E-state index in [1.165, 1.54) is 6.92 Å². The monoisotopic (exact) mass is 234 g/mol. The standard InChI is InChI=1S/C6H7BrN2O3/c1-3(10)9(7)4-2-5(11)8-6(4)12/h4H,2H2,1H3,(H,8,11,12). The average Bonchev–Trinajstić information content (AvgIpc) is 2.28. The third kappa shape index (κ3) is 1.63. The number of amides is 3. The molecule has 66 valence electrons. The highest BCUT2D eigenvalue weighted by Gasteiger charge is 2.35. The maximum atomic E-state index is 11.0. The smallest absolute Gasteiger partial charge is 0.250 e. The molecule has 1 saturated heterocycles. The summed E-state index contributed by atoms with van der Waals surface area (Å²) in [4.78, 5) is 32.4. The zero-order valence-corrected chi connectivity index (χ0v) is 7.92. The van der Waals surface area contributed by atoms with Crippen LogP contribution in [0.2, 0.25) is 0 Å². The van der Waals surface area contributed by atoms with Gasteiger partial charge in [0.15, 0.2) is 0 Å². The maximum absolute atomic E-state index is 11.0. The van der Waals surface area contributed by atoms with Gasteiger partial charge in [0.1, 0.15) is 6.04 Å². The van der Waals surface area contributed by atoms with Crippen LogP contribution in [-0.4, -0.2) is 27.7 Å². The van der Waals surface area contributed by atoms with Gasteiger partial charge in [0.05, 0.1) is 22.6 Å². The van der Waals surface area contributed by atoms with Crippen molar-refractivity contribution < 1.29 is 14.4 Å². The minimum Gasteiger partial charge on any atom is -0.295 e. The van der Waals surface area contributed by atoms with Gasteiger partial charge in [-0.25, -0.2) is 0 Å².